The maximum Gasteiger partial charge on any atom is 0.408 e. The van der Waals surface area contributed by atoms with E-state index in [1.165, 1.54) is 19.0 Å². The number of benzene rings is 1. The average molecular weight is 709 g/mol. The van der Waals surface area contributed by atoms with Gasteiger partial charge in [-0.1, -0.05) is 64.4 Å². The number of likely N-dealkylation sites (N-methyl/N-ethyl adjacent to an activating group) is 1. The topological polar surface area (TPSA) is 183 Å². The van der Waals surface area contributed by atoms with Crippen molar-refractivity contribution in [2.45, 2.75) is 103 Å². The van der Waals surface area contributed by atoms with Crippen LogP contribution < -0.4 is 21.3 Å². The number of alkyl carbamates (subject to hydrolysis) is 1. The summed E-state index contributed by atoms with van der Waals surface area (Å²) in [6, 6.07) is 2.77. The highest BCUT2D eigenvalue weighted by Crippen LogP contribution is 2.34. The number of rotatable bonds is 13. The number of amides is 6. The first-order valence-corrected chi connectivity index (χ1v) is 16.3. The Balaban J connectivity index is 2.18. The monoisotopic (exact) mass is 708 g/mol. The van der Waals surface area contributed by atoms with Gasteiger partial charge in [-0.05, 0) is 38.2 Å². The zero-order valence-electron chi connectivity index (χ0n) is 30.1. The molecule has 0 spiro atoms. The third kappa shape index (κ3) is 12.1. The van der Waals surface area contributed by atoms with E-state index >= 15 is 0 Å². The fraction of sp³-hybridized carbons (Fsp3) is 0.618. The van der Waals surface area contributed by atoms with Crippen LogP contribution in [0.15, 0.2) is 30.3 Å². The number of nitrogens with zero attached hydrogens (tertiary/aromatic N) is 2. The summed E-state index contributed by atoms with van der Waals surface area (Å²) in [7, 11) is 3.03. The first kappa shape index (κ1) is 41.5. The van der Waals surface area contributed by atoms with Crippen molar-refractivity contribution < 1.29 is 47.1 Å². The third-order valence-corrected chi connectivity index (χ3v) is 7.60. The molecule has 1 aromatic rings. The van der Waals surface area contributed by atoms with Gasteiger partial charge in [0.2, 0.25) is 29.4 Å². The van der Waals surface area contributed by atoms with Gasteiger partial charge in [0.15, 0.2) is 0 Å². The van der Waals surface area contributed by atoms with E-state index in [0.29, 0.717) is 16.9 Å². The number of nitrogens with one attached hydrogen (secondary N) is 4. The molecule has 278 valence electrons. The molecule has 6 amide bonds. The fourth-order valence-corrected chi connectivity index (χ4v) is 5.16. The number of halogens is 2. The molecule has 1 aliphatic heterocycles. The Labute approximate surface area is 291 Å². The van der Waals surface area contributed by atoms with Crippen LogP contribution in [0.4, 0.5) is 13.6 Å². The summed E-state index contributed by atoms with van der Waals surface area (Å²) >= 11 is 0. The van der Waals surface area contributed by atoms with Gasteiger partial charge >= 0.3 is 6.09 Å². The van der Waals surface area contributed by atoms with E-state index in [0.717, 1.165) is 0 Å². The van der Waals surface area contributed by atoms with E-state index in [1.807, 2.05) is 0 Å². The maximum atomic E-state index is 14.8. The van der Waals surface area contributed by atoms with Gasteiger partial charge in [-0.15, -0.1) is 0 Å². The van der Waals surface area contributed by atoms with E-state index in [2.05, 4.69) is 21.3 Å². The van der Waals surface area contributed by atoms with E-state index in [1.54, 1.807) is 78.8 Å². The summed E-state index contributed by atoms with van der Waals surface area (Å²) in [4.78, 5) is 93.1. The van der Waals surface area contributed by atoms with Gasteiger partial charge in [0.05, 0.1) is 19.1 Å². The van der Waals surface area contributed by atoms with E-state index in [-0.39, 0.29) is 6.42 Å². The van der Waals surface area contributed by atoms with Crippen LogP contribution in [-0.4, -0.2) is 108 Å². The molecular formula is C34H50F2N6O8. The van der Waals surface area contributed by atoms with E-state index < -0.39 is 102 Å². The number of ketones is 1. The zero-order valence-corrected chi connectivity index (χ0v) is 30.1. The Bertz CT molecular complexity index is 1420. The molecule has 0 bridgehead atoms. The van der Waals surface area contributed by atoms with Crippen molar-refractivity contribution in [3.05, 3.63) is 35.9 Å². The predicted octanol–water partition coefficient (Wildman–Crippen LogP) is 2.08. The molecule has 14 nitrogen and oxygen atoms in total. The number of hydrogen-bond donors (Lipinski definition) is 4. The lowest BCUT2D eigenvalue weighted by atomic mass is 9.85. The molecule has 0 saturated carbocycles. The highest BCUT2D eigenvalue weighted by atomic mass is 19.3. The number of carbonyl (C=O) groups excluding carboxylic acids is 7. The van der Waals surface area contributed by atoms with Crippen molar-refractivity contribution in [2.75, 3.05) is 27.2 Å². The highest BCUT2D eigenvalue weighted by Gasteiger charge is 2.53. The van der Waals surface area contributed by atoms with Crippen molar-refractivity contribution in [1.82, 2.24) is 31.1 Å². The molecule has 1 aromatic carbocycles. The zero-order chi connectivity index (χ0) is 38.2. The molecule has 4 atom stereocenters. The predicted molar refractivity (Wildman–Crippen MR) is 179 cm³/mol. The van der Waals surface area contributed by atoms with Crippen LogP contribution >= 0.6 is 0 Å². The summed E-state index contributed by atoms with van der Waals surface area (Å²) in [5.74, 6) is -9.09. The van der Waals surface area contributed by atoms with Gasteiger partial charge in [-0.25, -0.2) is 13.6 Å². The molecule has 16 heteroatoms. The van der Waals surface area contributed by atoms with Crippen LogP contribution in [0.25, 0.3) is 0 Å². The van der Waals surface area contributed by atoms with Crippen molar-refractivity contribution in [3.63, 3.8) is 0 Å². The molecule has 1 unspecified atom stereocenters. The summed E-state index contributed by atoms with van der Waals surface area (Å²) in [6.07, 6.45) is -1.77. The third-order valence-electron chi connectivity index (χ3n) is 7.60. The second-order valence-electron chi connectivity index (χ2n) is 14.5. The van der Waals surface area contributed by atoms with Gasteiger partial charge in [0.1, 0.15) is 23.7 Å². The molecule has 1 saturated heterocycles. The second-order valence-corrected chi connectivity index (χ2v) is 14.5. The number of hydrogen-bond acceptors (Lipinski definition) is 8. The molecule has 1 aliphatic rings. The minimum absolute atomic E-state index is 0.0561. The van der Waals surface area contributed by atoms with E-state index in [4.69, 9.17) is 4.74 Å². The van der Waals surface area contributed by atoms with Gasteiger partial charge in [-0.3, -0.25) is 28.8 Å². The maximum absolute atomic E-state index is 14.8. The molecule has 2 rings (SSSR count). The second kappa shape index (κ2) is 16.9. The number of alkyl halides is 2. The SMILES string of the molecule is CCCC(NC(=O)[C@@H]1CC(F)(F)CN1C(=O)[C@@H](NC(=O)OC(C)(C)C)C(C)(C)C)C(=O)C(=O)NCC(=O)N[C@H](C(=O)N(C)C)c1ccccc1. The van der Waals surface area contributed by atoms with Crippen LogP contribution in [-0.2, 0) is 33.5 Å². The van der Waals surface area contributed by atoms with Gasteiger partial charge in [0, 0.05) is 20.5 Å². The molecule has 1 heterocycles. The van der Waals surface area contributed by atoms with Crippen molar-refractivity contribution in [1.29, 1.82) is 0 Å². The van der Waals surface area contributed by atoms with E-state index in [9.17, 15) is 42.3 Å². The van der Waals surface area contributed by atoms with Crippen LogP contribution in [0.3, 0.4) is 0 Å². The summed E-state index contributed by atoms with van der Waals surface area (Å²) in [5, 5.41) is 9.49. The minimum atomic E-state index is -3.47. The Morgan fingerprint density at radius 1 is 0.960 bits per heavy atom. The van der Waals surface area contributed by atoms with Crippen molar-refractivity contribution >= 4 is 41.4 Å². The molecule has 4 N–H and O–H groups in total. The average Bonchev–Trinajstić information content (AvgIpc) is 3.34. The lowest BCUT2D eigenvalue weighted by Gasteiger charge is -2.35. The largest absolute Gasteiger partial charge is 0.444 e. The van der Waals surface area contributed by atoms with Gasteiger partial charge < -0.3 is 35.8 Å². The first-order valence-electron chi connectivity index (χ1n) is 16.3. The number of likely N-dealkylation sites (tertiary alicyclic amines) is 1. The van der Waals surface area contributed by atoms with Crippen molar-refractivity contribution in [3.8, 4) is 0 Å². The quantitative estimate of drug-likeness (QED) is 0.225. The minimum Gasteiger partial charge on any atom is -0.444 e. The molecule has 50 heavy (non-hydrogen) atoms. The van der Waals surface area contributed by atoms with Crippen LogP contribution in [0.5, 0.6) is 0 Å². The van der Waals surface area contributed by atoms with Gasteiger partial charge in [0.25, 0.3) is 11.8 Å². The van der Waals surface area contributed by atoms with Crippen LogP contribution in [0, 0.1) is 5.41 Å². The Morgan fingerprint density at radius 2 is 1.56 bits per heavy atom. The van der Waals surface area contributed by atoms with Crippen LogP contribution in [0.1, 0.15) is 79.3 Å². The number of carbonyl (C=O) groups is 7. The van der Waals surface area contributed by atoms with Crippen LogP contribution in [0.2, 0.25) is 0 Å². The summed E-state index contributed by atoms with van der Waals surface area (Å²) < 4.78 is 34.8. The standard InChI is InChI=1S/C34H50F2N6O8/c1-10-14-21(25(44)28(46)37-18-23(43)39-24(29(47)41(8)9)20-15-12-11-13-16-20)38-27(45)22-17-34(35,36)19-42(22)30(48)26(32(2,3)4)40-31(49)50-33(5,6)7/h11-13,15-16,21-22,24,26H,10,14,17-19H2,1-9H3,(H,37,46)(H,38,45)(H,39,43)(H,40,49)/t21?,22-,24-,26+/m0/s1. The Morgan fingerprint density at radius 3 is 2.08 bits per heavy atom. The lowest BCUT2D eigenvalue weighted by molar-refractivity contribution is -0.144. The molecular weight excluding hydrogens is 658 g/mol. The van der Waals surface area contributed by atoms with Crippen molar-refractivity contribution in [2.24, 2.45) is 5.41 Å². The lowest BCUT2D eigenvalue weighted by Crippen LogP contribution is -2.59. The van der Waals surface area contributed by atoms with Gasteiger partial charge in [-0.2, -0.15) is 0 Å². The fourth-order valence-electron chi connectivity index (χ4n) is 5.16. The summed E-state index contributed by atoms with van der Waals surface area (Å²) in [5.41, 5.74) is -1.41. The summed E-state index contributed by atoms with van der Waals surface area (Å²) in [6.45, 7) is 9.51. The number of Topliss-reactive ketones (excluding diaryl/α,β-unsaturated/α-hetero) is 1. The normalized spacial score (nSPS) is 17.4. The Hall–Kier alpha value is -4.63. The first-order chi connectivity index (χ1) is 23.0. The molecule has 1 fully saturated rings. The number of ether oxygens (including phenoxy) is 1. The smallest absolute Gasteiger partial charge is 0.408 e. The molecule has 0 radical (unpaired) electrons. The molecule has 0 aliphatic carbocycles. The Kier molecular flexibility index (Phi) is 14.0. The molecule has 0 aromatic heterocycles. The highest BCUT2D eigenvalue weighted by molar-refractivity contribution is 6.38.